The van der Waals surface area contributed by atoms with Gasteiger partial charge in [0.05, 0.1) is 0 Å². The minimum absolute atomic E-state index is 0.0176. The topological polar surface area (TPSA) is 26.0 Å². The van der Waals surface area contributed by atoms with Gasteiger partial charge in [-0.15, -0.1) is 0 Å². The van der Waals surface area contributed by atoms with Crippen LogP contribution in [0.2, 0.25) is 0 Å². The second-order valence-electron chi connectivity index (χ2n) is 5.52. The van der Waals surface area contributed by atoms with E-state index in [4.69, 9.17) is 5.73 Å². The van der Waals surface area contributed by atoms with Crippen molar-refractivity contribution in [2.24, 2.45) is 11.7 Å². The first kappa shape index (κ1) is 13.8. The Morgan fingerprint density at radius 1 is 1.20 bits per heavy atom. The van der Waals surface area contributed by atoms with E-state index in [0.717, 1.165) is 10.9 Å². The van der Waals surface area contributed by atoms with Crippen molar-refractivity contribution in [2.45, 2.75) is 24.8 Å². The van der Waals surface area contributed by atoms with Crippen molar-refractivity contribution in [3.63, 3.8) is 0 Å². The molecule has 0 aromatic heterocycles. The molecule has 3 rings (SSSR count). The average Bonchev–Trinajstić information content (AvgIpc) is 3.24. The minimum atomic E-state index is -0.166. The van der Waals surface area contributed by atoms with Crippen LogP contribution in [-0.2, 0) is 6.42 Å². The van der Waals surface area contributed by atoms with Crippen LogP contribution in [0, 0.1) is 11.7 Å². The van der Waals surface area contributed by atoms with E-state index in [0.29, 0.717) is 23.8 Å². The molecule has 1 aliphatic rings. The van der Waals surface area contributed by atoms with Gasteiger partial charge >= 0.3 is 0 Å². The van der Waals surface area contributed by atoms with Crippen LogP contribution >= 0.6 is 15.9 Å². The Morgan fingerprint density at radius 2 is 1.95 bits per heavy atom. The highest BCUT2D eigenvalue weighted by molar-refractivity contribution is 9.10. The van der Waals surface area contributed by atoms with E-state index in [2.05, 4.69) is 40.2 Å². The van der Waals surface area contributed by atoms with Crippen molar-refractivity contribution in [2.75, 3.05) is 0 Å². The molecule has 1 saturated carbocycles. The summed E-state index contributed by atoms with van der Waals surface area (Å²) in [6.07, 6.45) is 1.71. The zero-order valence-corrected chi connectivity index (χ0v) is 12.7. The minimum Gasteiger partial charge on any atom is -0.327 e. The normalized spacial score (nSPS) is 22.6. The van der Waals surface area contributed by atoms with Crippen LogP contribution in [0.15, 0.2) is 53.0 Å². The van der Waals surface area contributed by atoms with E-state index in [1.165, 1.54) is 11.6 Å². The molecule has 0 saturated heterocycles. The van der Waals surface area contributed by atoms with Gasteiger partial charge in [-0.2, -0.15) is 0 Å². The largest absolute Gasteiger partial charge is 0.327 e. The average molecular weight is 334 g/mol. The zero-order chi connectivity index (χ0) is 14.1. The molecule has 0 heterocycles. The summed E-state index contributed by atoms with van der Waals surface area (Å²) in [5, 5.41) is 0. The molecule has 0 aliphatic heterocycles. The molecule has 3 unspecified atom stereocenters. The predicted octanol–water partition coefficient (Wildman–Crippen LogP) is 4.26. The summed E-state index contributed by atoms with van der Waals surface area (Å²) in [6.45, 7) is 0. The van der Waals surface area contributed by atoms with E-state index in [1.807, 2.05) is 12.1 Å². The Labute approximate surface area is 127 Å². The van der Waals surface area contributed by atoms with Gasteiger partial charge in [0.25, 0.3) is 0 Å². The molecule has 1 nitrogen and oxygen atoms in total. The highest BCUT2D eigenvalue weighted by Crippen LogP contribution is 2.49. The van der Waals surface area contributed by atoms with E-state index < -0.39 is 0 Å². The lowest BCUT2D eigenvalue weighted by Crippen LogP contribution is -2.26. The lowest BCUT2D eigenvalue weighted by molar-refractivity contribution is 0.546. The van der Waals surface area contributed by atoms with E-state index >= 15 is 0 Å². The van der Waals surface area contributed by atoms with Crippen molar-refractivity contribution in [1.29, 1.82) is 0 Å². The third-order valence-electron chi connectivity index (χ3n) is 4.08. The Hall–Kier alpha value is -1.19. The van der Waals surface area contributed by atoms with Crippen LogP contribution in [0.4, 0.5) is 4.39 Å². The fraction of sp³-hybridized carbons (Fsp3) is 0.294. The molecule has 0 radical (unpaired) electrons. The summed E-state index contributed by atoms with van der Waals surface area (Å²) in [6, 6.07) is 15.5. The zero-order valence-electron chi connectivity index (χ0n) is 11.1. The molecule has 0 amide bonds. The molecule has 104 valence electrons. The van der Waals surface area contributed by atoms with Crippen LogP contribution in [0.5, 0.6) is 0 Å². The van der Waals surface area contributed by atoms with E-state index in [-0.39, 0.29) is 11.9 Å². The monoisotopic (exact) mass is 333 g/mol. The molecule has 20 heavy (non-hydrogen) atoms. The van der Waals surface area contributed by atoms with Crippen molar-refractivity contribution < 1.29 is 4.39 Å². The molecular formula is C17H17BrFN. The number of hydrogen-bond donors (Lipinski definition) is 1. The number of benzene rings is 2. The molecule has 3 heteroatoms. The predicted molar refractivity (Wildman–Crippen MR) is 83.1 cm³/mol. The van der Waals surface area contributed by atoms with Gasteiger partial charge in [-0.25, -0.2) is 4.39 Å². The number of nitrogens with two attached hydrogens (primary N) is 1. The second-order valence-corrected chi connectivity index (χ2v) is 6.44. The molecule has 2 aromatic rings. The van der Waals surface area contributed by atoms with Crippen LogP contribution in [-0.4, -0.2) is 6.04 Å². The molecule has 2 N–H and O–H groups in total. The Balaban J connectivity index is 1.67. The second kappa shape index (κ2) is 5.66. The van der Waals surface area contributed by atoms with Gasteiger partial charge in [0.15, 0.2) is 0 Å². The first-order valence-electron chi connectivity index (χ1n) is 6.89. The first-order valence-corrected chi connectivity index (χ1v) is 7.69. The summed E-state index contributed by atoms with van der Waals surface area (Å²) < 4.78 is 14.7. The van der Waals surface area contributed by atoms with Crippen LogP contribution in [0.25, 0.3) is 0 Å². The van der Waals surface area contributed by atoms with Crippen LogP contribution < -0.4 is 5.73 Å². The van der Waals surface area contributed by atoms with E-state index in [1.54, 1.807) is 6.07 Å². The Kier molecular flexibility index (Phi) is 3.90. The number of halogens is 2. The smallest absolute Gasteiger partial charge is 0.126 e. The van der Waals surface area contributed by atoms with Crippen LogP contribution in [0.1, 0.15) is 23.5 Å². The SMILES string of the molecule is NC(Cc1cc(Br)ccc1F)C1CC1c1ccccc1. The summed E-state index contributed by atoms with van der Waals surface area (Å²) in [5.41, 5.74) is 8.33. The Morgan fingerprint density at radius 3 is 2.70 bits per heavy atom. The highest BCUT2D eigenvalue weighted by Gasteiger charge is 2.42. The lowest BCUT2D eigenvalue weighted by atomic mass is 9.99. The van der Waals surface area contributed by atoms with Crippen molar-refractivity contribution in [1.82, 2.24) is 0 Å². The van der Waals surface area contributed by atoms with Crippen LogP contribution in [0.3, 0.4) is 0 Å². The van der Waals surface area contributed by atoms with Gasteiger partial charge in [0, 0.05) is 10.5 Å². The maximum Gasteiger partial charge on any atom is 0.126 e. The van der Waals surface area contributed by atoms with E-state index in [9.17, 15) is 4.39 Å². The van der Waals surface area contributed by atoms with Gasteiger partial charge in [0.1, 0.15) is 5.82 Å². The van der Waals surface area contributed by atoms with Gasteiger partial charge in [-0.05, 0) is 54.0 Å². The molecule has 0 bridgehead atoms. The maximum atomic E-state index is 13.8. The quantitative estimate of drug-likeness (QED) is 0.888. The summed E-state index contributed by atoms with van der Waals surface area (Å²) in [5.74, 6) is 0.845. The molecule has 0 spiro atoms. The fourth-order valence-electron chi connectivity index (χ4n) is 2.88. The summed E-state index contributed by atoms with van der Waals surface area (Å²) in [4.78, 5) is 0. The Bertz CT molecular complexity index is 599. The molecule has 3 atom stereocenters. The standard InChI is InChI=1S/C17H17BrFN/c18-13-6-7-16(19)12(8-13)9-17(20)15-10-14(15)11-4-2-1-3-5-11/h1-8,14-15,17H,9-10,20H2. The third-order valence-corrected chi connectivity index (χ3v) is 4.57. The highest BCUT2D eigenvalue weighted by atomic mass is 79.9. The first-order chi connectivity index (χ1) is 9.65. The molecular weight excluding hydrogens is 317 g/mol. The molecule has 2 aromatic carbocycles. The molecule has 1 aliphatic carbocycles. The van der Waals surface area contributed by atoms with Gasteiger partial charge in [-0.3, -0.25) is 0 Å². The van der Waals surface area contributed by atoms with Gasteiger partial charge in [-0.1, -0.05) is 46.3 Å². The summed E-state index contributed by atoms with van der Waals surface area (Å²) in [7, 11) is 0. The number of rotatable bonds is 4. The third kappa shape index (κ3) is 2.94. The molecule has 1 fully saturated rings. The van der Waals surface area contributed by atoms with Gasteiger partial charge in [0.2, 0.25) is 0 Å². The number of hydrogen-bond acceptors (Lipinski definition) is 1. The lowest BCUT2D eigenvalue weighted by Gasteiger charge is -2.12. The van der Waals surface area contributed by atoms with Crippen molar-refractivity contribution in [3.05, 3.63) is 69.9 Å². The fourth-order valence-corrected chi connectivity index (χ4v) is 3.28. The van der Waals surface area contributed by atoms with Gasteiger partial charge < -0.3 is 5.73 Å². The van der Waals surface area contributed by atoms with Crippen molar-refractivity contribution in [3.8, 4) is 0 Å². The maximum absolute atomic E-state index is 13.8. The van der Waals surface area contributed by atoms with Crippen molar-refractivity contribution >= 4 is 15.9 Å². The summed E-state index contributed by atoms with van der Waals surface area (Å²) >= 11 is 3.38.